The molecule has 0 amide bonds. The minimum atomic E-state index is -0.112. The van der Waals surface area contributed by atoms with Crippen LogP contribution >= 0.6 is 39.1 Å². The Balaban J connectivity index is 2.14. The topological polar surface area (TPSA) is 9.23 Å². The minimum absolute atomic E-state index is 0.112. The molecule has 1 atom stereocenters. The number of rotatable bonds is 5. The molecule has 0 fully saturated rings. The van der Waals surface area contributed by atoms with Gasteiger partial charge in [-0.2, -0.15) is 0 Å². The third-order valence-electron chi connectivity index (χ3n) is 2.92. The average molecular weight is 374 g/mol. The lowest BCUT2D eigenvalue weighted by Crippen LogP contribution is -1.98. The molecule has 2 aromatic rings. The highest BCUT2D eigenvalue weighted by molar-refractivity contribution is 9.10. The summed E-state index contributed by atoms with van der Waals surface area (Å²) in [5.41, 5.74) is 2.17. The van der Waals surface area contributed by atoms with Crippen molar-refractivity contribution in [2.75, 3.05) is 6.61 Å². The molecule has 4 heteroatoms. The molecule has 106 valence electrons. The van der Waals surface area contributed by atoms with Crippen LogP contribution in [0.1, 0.15) is 23.4 Å². The summed E-state index contributed by atoms with van der Waals surface area (Å²) in [6.45, 7) is 2.61. The van der Waals surface area contributed by atoms with Crippen molar-refractivity contribution in [1.82, 2.24) is 0 Å². The van der Waals surface area contributed by atoms with Gasteiger partial charge >= 0.3 is 0 Å². The zero-order valence-corrected chi connectivity index (χ0v) is 14.2. The number of hydrogen-bond acceptors (Lipinski definition) is 1. The van der Waals surface area contributed by atoms with Crippen LogP contribution in [0.2, 0.25) is 5.02 Å². The first-order valence-electron chi connectivity index (χ1n) is 6.41. The highest BCUT2D eigenvalue weighted by Crippen LogP contribution is 2.33. The first kappa shape index (κ1) is 15.7. The molecular weight excluding hydrogens is 359 g/mol. The Morgan fingerprint density at radius 2 is 2.00 bits per heavy atom. The van der Waals surface area contributed by atoms with Crippen molar-refractivity contribution in [3.05, 3.63) is 63.1 Å². The van der Waals surface area contributed by atoms with Crippen LogP contribution in [0.5, 0.6) is 5.75 Å². The lowest BCUT2D eigenvalue weighted by Gasteiger charge is -2.13. The Morgan fingerprint density at radius 3 is 2.65 bits per heavy atom. The molecule has 0 aliphatic heterocycles. The molecule has 2 aromatic carbocycles. The number of hydrogen-bond donors (Lipinski definition) is 0. The van der Waals surface area contributed by atoms with E-state index in [1.807, 2.05) is 49.4 Å². The summed E-state index contributed by atoms with van der Waals surface area (Å²) in [5.74, 6) is 0.842. The normalized spacial score (nSPS) is 12.2. The molecule has 0 N–H and O–H groups in total. The van der Waals surface area contributed by atoms with Crippen molar-refractivity contribution in [3.8, 4) is 5.75 Å². The van der Waals surface area contributed by atoms with E-state index < -0.39 is 0 Å². The van der Waals surface area contributed by atoms with Crippen molar-refractivity contribution in [3.63, 3.8) is 0 Å². The van der Waals surface area contributed by atoms with E-state index in [-0.39, 0.29) is 5.38 Å². The molecule has 0 saturated heterocycles. The number of halogens is 3. The van der Waals surface area contributed by atoms with Crippen LogP contribution in [-0.4, -0.2) is 6.61 Å². The van der Waals surface area contributed by atoms with Crippen molar-refractivity contribution < 1.29 is 4.74 Å². The molecule has 0 spiro atoms. The second-order valence-electron chi connectivity index (χ2n) is 4.42. The molecule has 1 unspecified atom stereocenters. The zero-order chi connectivity index (χ0) is 14.5. The molecule has 0 radical (unpaired) electrons. The van der Waals surface area contributed by atoms with Gasteiger partial charge in [-0.1, -0.05) is 45.7 Å². The number of benzene rings is 2. The van der Waals surface area contributed by atoms with Gasteiger partial charge in [-0.15, -0.1) is 11.6 Å². The molecule has 0 aliphatic carbocycles. The summed E-state index contributed by atoms with van der Waals surface area (Å²) >= 11 is 16.1. The Hall–Kier alpha value is -0.700. The molecule has 0 heterocycles. The van der Waals surface area contributed by atoms with Gasteiger partial charge < -0.3 is 4.74 Å². The van der Waals surface area contributed by atoms with Gasteiger partial charge in [0.05, 0.1) is 12.0 Å². The number of alkyl halides is 1. The van der Waals surface area contributed by atoms with Gasteiger partial charge in [-0.05, 0) is 48.7 Å². The zero-order valence-electron chi connectivity index (χ0n) is 11.1. The van der Waals surface area contributed by atoms with Crippen LogP contribution in [0.15, 0.2) is 46.9 Å². The fraction of sp³-hybridized carbons (Fsp3) is 0.250. The van der Waals surface area contributed by atoms with Crippen LogP contribution in [0.25, 0.3) is 0 Å². The maximum Gasteiger partial charge on any atom is 0.120 e. The van der Waals surface area contributed by atoms with Crippen molar-refractivity contribution in [2.45, 2.75) is 18.7 Å². The Bertz CT molecular complexity index is 586. The molecule has 1 nitrogen and oxygen atoms in total. The van der Waals surface area contributed by atoms with E-state index in [0.29, 0.717) is 6.61 Å². The van der Waals surface area contributed by atoms with Crippen molar-refractivity contribution >= 4 is 39.1 Å². The second kappa shape index (κ2) is 7.35. The molecular formula is C16H15BrCl2O. The van der Waals surface area contributed by atoms with E-state index in [4.69, 9.17) is 27.9 Å². The molecule has 0 bridgehead atoms. The van der Waals surface area contributed by atoms with E-state index in [9.17, 15) is 0 Å². The Morgan fingerprint density at radius 1 is 1.20 bits per heavy atom. The SMILES string of the molecule is CCOc1ccc(C(Cl)Cc2cccc(Cl)c2)c(Br)c1. The van der Waals surface area contributed by atoms with Gasteiger partial charge in [0.15, 0.2) is 0 Å². The lowest BCUT2D eigenvalue weighted by atomic mass is 10.0. The van der Waals surface area contributed by atoms with Gasteiger partial charge in [0.1, 0.15) is 5.75 Å². The standard InChI is InChI=1S/C16H15BrCl2O/c1-2-20-13-6-7-14(15(17)10-13)16(19)9-11-4-3-5-12(18)8-11/h3-8,10,16H,2,9H2,1H3. The van der Waals surface area contributed by atoms with Crippen LogP contribution in [-0.2, 0) is 6.42 Å². The van der Waals surface area contributed by atoms with E-state index in [0.717, 1.165) is 32.8 Å². The van der Waals surface area contributed by atoms with Crippen LogP contribution < -0.4 is 4.74 Å². The summed E-state index contributed by atoms with van der Waals surface area (Å²) in [4.78, 5) is 0. The number of ether oxygens (including phenoxy) is 1. The van der Waals surface area contributed by atoms with Gasteiger partial charge in [0, 0.05) is 9.50 Å². The van der Waals surface area contributed by atoms with Gasteiger partial charge in [0.25, 0.3) is 0 Å². The fourth-order valence-electron chi connectivity index (χ4n) is 2.00. The largest absolute Gasteiger partial charge is 0.494 e. The van der Waals surface area contributed by atoms with Crippen molar-refractivity contribution in [1.29, 1.82) is 0 Å². The van der Waals surface area contributed by atoms with E-state index in [1.54, 1.807) is 0 Å². The first-order chi connectivity index (χ1) is 9.60. The van der Waals surface area contributed by atoms with E-state index >= 15 is 0 Å². The molecule has 0 aliphatic rings. The van der Waals surface area contributed by atoms with Gasteiger partial charge in [-0.25, -0.2) is 0 Å². The lowest BCUT2D eigenvalue weighted by molar-refractivity contribution is 0.340. The summed E-state index contributed by atoms with van der Waals surface area (Å²) in [6.07, 6.45) is 0.731. The quantitative estimate of drug-likeness (QED) is 0.582. The van der Waals surface area contributed by atoms with Crippen LogP contribution in [0, 0.1) is 0 Å². The maximum absolute atomic E-state index is 6.51. The first-order valence-corrected chi connectivity index (χ1v) is 8.01. The van der Waals surface area contributed by atoms with Gasteiger partial charge in [-0.3, -0.25) is 0 Å². The smallest absolute Gasteiger partial charge is 0.120 e. The van der Waals surface area contributed by atoms with Crippen LogP contribution in [0.4, 0.5) is 0 Å². The summed E-state index contributed by atoms with van der Waals surface area (Å²) in [5, 5.41) is 0.621. The average Bonchev–Trinajstić information content (AvgIpc) is 2.39. The van der Waals surface area contributed by atoms with Crippen LogP contribution in [0.3, 0.4) is 0 Å². The predicted octanol–water partition coefficient (Wildman–Crippen LogP) is 6.02. The van der Waals surface area contributed by atoms with E-state index in [2.05, 4.69) is 15.9 Å². The fourth-order valence-corrected chi connectivity index (χ4v) is 3.35. The van der Waals surface area contributed by atoms with Gasteiger partial charge in [0.2, 0.25) is 0 Å². The minimum Gasteiger partial charge on any atom is -0.494 e. The van der Waals surface area contributed by atoms with E-state index in [1.165, 1.54) is 0 Å². The summed E-state index contributed by atoms with van der Waals surface area (Å²) < 4.78 is 6.43. The highest BCUT2D eigenvalue weighted by atomic mass is 79.9. The monoisotopic (exact) mass is 372 g/mol. The Kier molecular flexibility index (Phi) is 5.76. The summed E-state index contributed by atoms with van der Waals surface area (Å²) in [6, 6.07) is 13.7. The molecule has 2 rings (SSSR count). The summed E-state index contributed by atoms with van der Waals surface area (Å²) in [7, 11) is 0. The molecule has 0 aromatic heterocycles. The highest BCUT2D eigenvalue weighted by Gasteiger charge is 2.13. The predicted molar refractivity (Wildman–Crippen MR) is 89.1 cm³/mol. The Labute approximate surface area is 138 Å². The van der Waals surface area contributed by atoms with Crippen molar-refractivity contribution in [2.24, 2.45) is 0 Å². The maximum atomic E-state index is 6.51. The second-order valence-corrected chi connectivity index (χ2v) is 6.24. The molecule has 0 saturated carbocycles. The third kappa shape index (κ3) is 4.15. The molecule has 20 heavy (non-hydrogen) atoms. The third-order valence-corrected chi connectivity index (χ3v) is 4.24.